The van der Waals surface area contributed by atoms with Crippen LogP contribution in [0.1, 0.15) is 39.0 Å². The number of nitrogens with zero attached hydrogens (tertiary/aromatic N) is 4. The van der Waals surface area contributed by atoms with Crippen molar-refractivity contribution < 1.29 is 9.26 Å². The number of aromatic amines is 1. The zero-order valence-corrected chi connectivity index (χ0v) is 18.4. The van der Waals surface area contributed by atoms with Gasteiger partial charge >= 0.3 is 0 Å². The van der Waals surface area contributed by atoms with E-state index in [9.17, 15) is 0 Å². The van der Waals surface area contributed by atoms with E-state index in [1.807, 2.05) is 31.2 Å². The van der Waals surface area contributed by atoms with E-state index >= 15 is 0 Å². The molecule has 1 atom stereocenters. The first-order chi connectivity index (χ1) is 15.1. The number of imidazole rings is 1. The topological polar surface area (TPSA) is 80.1 Å². The SMILES string of the molecule is C=C(COC)/C(=C\C=C(C)c1nc(-c2ccc3nc[nH]c3c2)no1)N1CCCCC1C. The molecule has 1 N–H and O–H groups in total. The molecule has 0 bridgehead atoms. The van der Waals surface area contributed by atoms with Crippen molar-refractivity contribution in [2.24, 2.45) is 0 Å². The average molecular weight is 420 g/mol. The summed E-state index contributed by atoms with van der Waals surface area (Å²) in [5.41, 5.74) is 5.71. The molecule has 2 aromatic heterocycles. The largest absolute Gasteiger partial charge is 0.380 e. The van der Waals surface area contributed by atoms with E-state index in [1.54, 1.807) is 13.4 Å². The quantitative estimate of drug-likeness (QED) is 0.544. The predicted molar refractivity (Wildman–Crippen MR) is 122 cm³/mol. The Bertz CT molecular complexity index is 1120. The van der Waals surface area contributed by atoms with Gasteiger partial charge in [0.2, 0.25) is 5.82 Å². The number of nitrogens with one attached hydrogen (secondary N) is 1. The molecule has 1 fully saturated rings. The zero-order valence-electron chi connectivity index (χ0n) is 18.4. The summed E-state index contributed by atoms with van der Waals surface area (Å²) < 4.78 is 10.9. The average Bonchev–Trinajstić information content (AvgIpc) is 3.44. The normalized spacial score (nSPS) is 18.0. The van der Waals surface area contributed by atoms with E-state index < -0.39 is 0 Å². The van der Waals surface area contributed by atoms with E-state index in [1.165, 1.54) is 19.3 Å². The van der Waals surface area contributed by atoms with Crippen molar-refractivity contribution in [3.05, 3.63) is 60.4 Å². The molecule has 3 aromatic rings. The third kappa shape index (κ3) is 4.61. The molecule has 31 heavy (non-hydrogen) atoms. The number of aromatic nitrogens is 4. The summed E-state index contributed by atoms with van der Waals surface area (Å²) in [5.74, 6) is 1.05. The van der Waals surface area contributed by atoms with Crippen LogP contribution >= 0.6 is 0 Å². The lowest BCUT2D eigenvalue weighted by molar-refractivity contribution is 0.193. The fourth-order valence-electron chi connectivity index (χ4n) is 3.97. The van der Waals surface area contributed by atoms with Crippen LogP contribution in [0.4, 0.5) is 0 Å². The first kappa shape index (κ1) is 21.1. The van der Waals surface area contributed by atoms with Crippen molar-refractivity contribution in [1.29, 1.82) is 0 Å². The molecule has 3 heterocycles. The van der Waals surface area contributed by atoms with Gasteiger partial charge in [-0.25, -0.2) is 4.98 Å². The number of hydrogen-bond acceptors (Lipinski definition) is 6. The number of allylic oxidation sites excluding steroid dienone is 3. The Hall–Kier alpha value is -3.19. The molecule has 0 radical (unpaired) electrons. The highest BCUT2D eigenvalue weighted by Gasteiger charge is 2.22. The number of H-pyrrole nitrogens is 1. The summed E-state index contributed by atoms with van der Waals surface area (Å²) >= 11 is 0. The van der Waals surface area contributed by atoms with E-state index in [0.29, 0.717) is 24.4 Å². The van der Waals surface area contributed by atoms with Gasteiger partial charge in [-0.2, -0.15) is 4.98 Å². The van der Waals surface area contributed by atoms with E-state index in [4.69, 9.17) is 9.26 Å². The molecule has 7 nitrogen and oxygen atoms in total. The Labute approximate surface area is 182 Å². The van der Waals surface area contributed by atoms with Crippen LogP contribution in [0, 0.1) is 0 Å². The van der Waals surface area contributed by atoms with Crippen molar-refractivity contribution in [2.45, 2.75) is 39.2 Å². The maximum Gasteiger partial charge on any atom is 0.253 e. The summed E-state index contributed by atoms with van der Waals surface area (Å²) in [6.07, 6.45) is 9.44. The van der Waals surface area contributed by atoms with Crippen molar-refractivity contribution in [3.8, 4) is 11.4 Å². The number of methoxy groups -OCH3 is 1. The molecule has 1 saturated heterocycles. The number of benzene rings is 1. The molecule has 162 valence electrons. The van der Waals surface area contributed by atoms with Crippen LogP contribution in [0.2, 0.25) is 0 Å². The first-order valence-electron chi connectivity index (χ1n) is 10.7. The highest BCUT2D eigenvalue weighted by molar-refractivity contribution is 5.80. The van der Waals surface area contributed by atoms with Crippen LogP contribution in [0.3, 0.4) is 0 Å². The Morgan fingerprint density at radius 2 is 2.23 bits per heavy atom. The van der Waals surface area contributed by atoms with Crippen molar-refractivity contribution in [3.63, 3.8) is 0 Å². The van der Waals surface area contributed by atoms with Crippen molar-refractivity contribution in [1.82, 2.24) is 25.0 Å². The van der Waals surface area contributed by atoms with Crippen LogP contribution in [-0.4, -0.2) is 51.3 Å². The summed E-state index contributed by atoms with van der Waals surface area (Å²) in [5, 5.41) is 4.16. The van der Waals surface area contributed by atoms with Gasteiger partial charge in [0.25, 0.3) is 5.89 Å². The van der Waals surface area contributed by atoms with Gasteiger partial charge in [-0.15, -0.1) is 0 Å². The van der Waals surface area contributed by atoms with Crippen molar-refractivity contribution >= 4 is 16.6 Å². The molecule has 1 aliphatic heterocycles. The molecule has 0 aliphatic carbocycles. The molecule has 0 amide bonds. The number of fused-ring (bicyclic) bond motifs is 1. The molecule has 4 rings (SSSR count). The molecule has 1 aliphatic rings. The molecular formula is C24H29N5O2. The van der Waals surface area contributed by atoms with E-state index in [2.05, 4.69) is 44.6 Å². The molecule has 7 heteroatoms. The second-order valence-electron chi connectivity index (χ2n) is 8.03. The highest BCUT2D eigenvalue weighted by atomic mass is 16.5. The standard InChI is InChI=1S/C24H29N5O2/c1-16(8-11-22(17(2)14-30-4)29-12-6-5-7-18(29)3)24-27-23(28-31-24)19-9-10-20-21(13-19)26-15-25-20/h8-11,13,15,18H,2,5-7,12,14H2,1,3-4H3,(H,25,26)/b16-8?,22-11+. The number of rotatable bonds is 7. The maximum absolute atomic E-state index is 5.54. The zero-order chi connectivity index (χ0) is 21.8. The Kier molecular flexibility index (Phi) is 6.32. The smallest absolute Gasteiger partial charge is 0.253 e. The minimum atomic E-state index is 0.481. The number of ether oxygens (including phenoxy) is 1. The third-order valence-corrected chi connectivity index (χ3v) is 5.73. The molecule has 0 saturated carbocycles. The van der Waals surface area contributed by atoms with E-state index in [-0.39, 0.29) is 0 Å². The van der Waals surface area contributed by atoms with Crippen molar-refractivity contribution in [2.75, 3.05) is 20.3 Å². The number of likely N-dealkylation sites (tertiary alicyclic amines) is 1. The molecule has 1 unspecified atom stereocenters. The Balaban J connectivity index is 1.59. The minimum Gasteiger partial charge on any atom is -0.380 e. The number of piperidine rings is 1. The summed E-state index contributed by atoms with van der Waals surface area (Å²) in [4.78, 5) is 14.4. The molecule has 1 aromatic carbocycles. The second-order valence-corrected chi connectivity index (χ2v) is 8.03. The van der Waals surface area contributed by atoms with Crippen LogP contribution in [0.25, 0.3) is 28.0 Å². The van der Waals surface area contributed by atoms with E-state index in [0.717, 1.165) is 40.0 Å². The number of hydrogen-bond donors (Lipinski definition) is 1. The van der Waals surface area contributed by atoms with Crippen LogP contribution in [-0.2, 0) is 4.74 Å². The van der Waals surface area contributed by atoms with Gasteiger partial charge in [0.15, 0.2) is 0 Å². The van der Waals surface area contributed by atoms with Gasteiger partial charge < -0.3 is 19.1 Å². The monoisotopic (exact) mass is 419 g/mol. The highest BCUT2D eigenvalue weighted by Crippen LogP contribution is 2.26. The lowest BCUT2D eigenvalue weighted by atomic mass is 10.0. The Morgan fingerprint density at radius 3 is 3.03 bits per heavy atom. The van der Waals surface area contributed by atoms with Gasteiger partial charge in [-0.3, -0.25) is 0 Å². The van der Waals surface area contributed by atoms with Gasteiger partial charge in [-0.05, 0) is 63.0 Å². The predicted octanol–water partition coefficient (Wildman–Crippen LogP) is 4.98. The van der Waals surface area contributed by atoms with Gasteiger partial charge in [0.1, 0.15) is 0 Å². The summed E-state index contributed by atoms with van der Waals surface area (Å²) in [6.45, 7) is 10.0. The van der Waals surface area contributed by atoms with Gasteiger partial charge in [0.05, 0.1) is 24.0 Å². The molecule has 0 spiro atoms. The summed E-state index contributed by atoms with van der Waals surface area (Å²) in [7, 11) is 1.70. The Morgan fingerprint density at radius 1 is 1.35 bits per heavy atom. The maximum atomic E-state index is 5.54. The van der Waals surface area contributed by atoms with Crippen LogP contribution < -0.4 is 0 Å². The summed E-state index contributed by atoms with van der Waals surface area (Å²) in [6, 6.07) is 6.34. The molecular weight excluding hydrogens is 390 g/mol. The fourth-order valence-corrected chi connectivity index (χ4v) is 3.97. The minimum absolute atomic E-state index is 0.481. The van der Waals surface area contributed by atoms with Crippen LogP contribution in [0.15, 0.2) is 59.1 Å². The lowest BCUT2D eigenvalue weighted by Crippen LogP contribution is -2.37. The fraction of sp³-hybridized carbons (Fsp3) is 0.375. The van der Waals surface area contributed by atoms with Gasteiger partial charge in [0, 0.05) is 36.5 Å². The lowest BCUT2D eigenvalue weighted by Gasteiger charge is -2.37. The second kappa shape index (κ2) is 9.31. The van der Waals surface area contributed by atoms with Crippen LogP contribution in [0.5, 0.6) is 0 Å². The van der Waals surface area contributed by atoms with Gasteiger partial charge in [-0.1, -0.05) is 17.8 Å². The third-order valence-electron chi connectivity index (χ3n) is 5.73. The first-order valence-corrected chi connectivity index (χ1v) is 10.7.